The predicted molar refractivity (Wildman–Crippen MR) is 74.4 cm³/mol. The van der Waals surface area contributed by atoms with E-state index >= 15 is 0 Å². The second kappa shape index (κ2) is 6.17. The molecule has 0 N–H and O–H groups in total. The van der Waals surface area contributed by atoms with Crippen LogP contribution in [0.15, 0.2) is 30.3 Å². The van der Waals surface area contributed by atoms with Gasteiger partial charge in [0, 0.05) is 6.54 Å². The van der Waals surface area contributed by atoms with Crippen molar-refractivity contribution in [2.45, 2.75) is 18.4 Å². The fourth-order valence-electron chi connectivity index (χ4n) is 2.71. The van der Waals surface area contributed by atoms with Crippen LogP contribution < -0.4 is 0 Å². The number of carbonyl (C=O) groups excluding carboxylic acids is 1. The number of nitrogens with zero attached hydrogens (tertiary/aromatic N) is 2. The third-order valence-corrected chi connectivity index (χ3v) is 3.97. The van der Waals surface area contributed by atoms with Crippen molar-refractivity contribution in [3.63, 3.8) is 0 Å². The summed E-state index contributed by atoms with van der Waals surface area (Å²) >= 11 is 5.92. The summed E-state index contributed by atoms with van der Waals surface area (Å²) in [5.41, 5.74) is 0.868. The van der Waals surface area contributed by atoms with Crippen molar-refractivity contribution in [2.24, 2.45) is 0 Å². The first kappa shape index (κ1) is 14.6. The number of ether oxygens (including phenoxy) is 2. The topological polar surface area (TPSA) is 42.0 Å². The Kier molecular flexibility index (Phi) is 4.28. The molecule has 3 unspecified atom stereocenters. The summed E-state index contributed by atoms with van der Waals surface area (Å²) in [5, 5.41) is 2.71. The summed E-state index contributed by atoms with van der Waals surface area (Å²) in [7, 11) is 0. The Morgan fingerprint density at radius 2 is 2.10 bits per heavy atom. The summed E-state index contributed by atoms with van der Waals surface area (Å²) in [6.07, 6.45) is -2.44. The van der Waals surface area contributed by atoms with Crippen molar-refractivity contribution in [3.05, 3.63) is 35.9 Å². The van der Waals surface area contributed by atoms with E-state index in [0.717, 1.165) is 5.56 Å². The zero-order valence-corrected chi connectivity index (χ0v) is 12.1. The molecular weight excluding hydrogens is 299 g/mol. The molecule has 7 heteroatoms. The van der Waals surface area contributed by atoms with Crippen LogP contribution in [-0.4, -0.2) is 54.1 Å². The molecule has 2 aliphatic rings. The van der Waals surface area contributed by atoms with Gasteiger partial charge in [-0.3, -0.25) is 0 Å². The monoisotopic (exact) mass is 314 g/mol. The minimum Gasteiger partial charge on any atom is -0.441 e. The average molecular weight is 315 g/mol. The lowest BCUT2D eigenvalue weighted by molar-refractivity contribution is -0.156. The van der Waals surface area contributed by atoms with Crippen LogP contribution in [0.5, 0.6) is 0 Å². The van der Waals surface area contributed by atoms with E-state index in [9.17, 15) is 9.18 Å². The summed E-state index contributed by atoms with van der Waals surface area (Å²) in [5.74, 6) is 0.156. The molecule has 2 aliphatic heterocycles. The second-order valence-electron chi connectivity index (χ2n) is 4.95. The highest BCUT2D eigenvalue weighted by Gasteiger charge is 2.47. The summed E-state index contributed by atoms with van der Waals surface area (Å²) < 4.78 is 24.5. The van der Waals surface area contributed by atoms with Gasteiger partial charge in [-0.15, -0.1) is 11.6 Å². The first-order valence-electron chi connectivity index (χ1n) is 6.81. The van der Waals surface area contributed by atoms with E-state index in [1.807, 2.05) is 30.3 Å². The number of alkyl halides is 2. The predicted octanol–water partition coefficient (Wildman–Crippen LogP) is 2.33. The standard InChI is InChI=1S/C14H16ClFN2O3/c15-8-11-13(10-4-2-1-3-5-10)18(14(19)21-11)17-6-7-20-9-12(17)16/h1-5,11-13H,6-9H2. The van der Waals surface area contributed by atoms with Crippen LogP contribution in [0.3, 0.4) is 0 Å². The van der Waals surface area contributed by atoms with Gasteiger partial charge in [-0.1, -0.05) is 30.3 Å². The Morgan fingerprint density at radius 1 is 1.33 bits per heavy atom. The molecule has 2 fully saturated rings. The fraction of sp³-hybridized carbons (Fsp3) is 0.500. The van der Waals surface area contributed by atoms with Crippen molar-refractivity contribution < 1.29 is 18.7 Å². The number of morpholine rings is 1. The molecule has 3 atom stereocenters. The lowest BCUT2D eigenvalue weighted by Gasteiger charge is -2.38. The van der Waals surface area contributed by atoms with Gasteiger partial charge in [-0.25, -0.2) is 14.2 Å². The van der Waals surface area contributed by atoms with Crippen LogP contribution in [0.25, 0.3) is 0 Å². The summed E-state index contributed by atoms with van der Waals surface area (Å²) in [6, 6.07) is 8.96. The minimum atomic E-state index is -1.37. The number of halogens is 2. The van der Waals surface area contributed by atoms with Crippen LogP contribution in [0.1, 0.15) is 11.6 Å². The number of hydrogen-bond acceptors (Lipinski definition) is 4. The maximum Gasteiger partial charge on any atom is 0.425 e. The normalized spacial score (nSPS) is 30.5. The molecule has 0 radical (unpaired) electrons. The minimum absolute atomic E-state index is 0.0587. The molecule has 0 aliphatic carbocycles. The Balaban J connectivity index is 1.93. The van der Waals surface area contributed by atoms with E-state index < -0.39 is 24.5 Å². The largest absolute Gasteiger partial charge is 0.441 e. The molecular formula is C14H16ClFN2O3. The molecule has 0 saturated carbocycles. The van der Waals surface area contributed by atoms with Gasteiger partial charge >= 0.3 is 6.09 Å². The SMILES string of the molecule is O=C1OC(CCl)C(c2ccccc2)N1N1CCOCC1F. The lowest BCUT2D eigenvalue weighted by Crippen LogP contribution is -2.54. The van der Waals surface area contributed by atoms with Gasteiger partial charge in [-0.05, 0) is 5.56 Å². The molecule has 0 spiro atoms. The van der Waals surface area contributed by atoms with Crippen LogP contribution in [0.4, 0.5) is 9.18 Å². The summed E-state index contributed by atoms with van der Waals surface area (Å²) in [4.78, 5) is 12.2. The van der Waals surface area contributed by atoms with Crippen LogP contribution in [-0.2, 0) is 9.47 Å². The van der Waals surface area contributed by atoms with E-state index in [2.05, 4.69) is 0 Å². The van der Waals surface area contributed by atoms with Crippen molar-refractivity contribution >= 4 is 17.7 Å². The Bertz CT molecular complexity index is 504. The third-order valence-electron chi connectivity index (χ3n) is 3.67. The van der Waals surface area contributed by atoms with Gasteiger partial charge in [0.25, 0.3) is 0 Å². The quantitative estimate of drug-likeness (QED) is 0.634. The Labute approximate surface area is 127 Å². The van der Waals surface area contributed by atoms with E-state index in [-0.39, 0.29) is 12.5 Å². The van der Waals surface area contributed by atoms with Crippen LogP contribution in [0.2, 0.25) is 0 Å². The highest BCUT2D eigenvalue weighted by molar-refractivity contribution is 6.18. The first-order valence-corrected chi connectivity index (χ1v) is 7.35. The van der Waals surface area contributed by atoms with Gasteiger partial charge < -0.3 is 9.47 Å². The molecule has 5 nitrogen and oxygen atoms in total. The molecule has 3 rings (SSSR count). The molecule has 2 saturated heterocycles. The zero-order chi connectivity index (χ0) is 14.8. The van der Waals surface area contributed by atoms with Gasteiger partial charge in [0.15, 0.2) is 6.30 Å². The van der Waals surface area contributed by atoms with Crippen molar-refractivity contribution in [1.29, 1.82) is 0 Å². The van der Waals surface area contributed by atoms with Gasteiger partial charge in [-0.2, -0.15) is 5.01 Å². The number of carbonyl (C=O) groups is 1. The maximum atomic E-state index is 14.1. The highest BCUT2D eigenvalue weighted by Crippen LogP contribution is 2.36. The number of hydrogen-bond donors (Lipinski definition) is 0. The molecule has 1 aromatic rings. The zero-order valence-electron chi connectivity index (χ0n) is 11.3. The van der Waals surface area contributed by atoms with Crippen molar-refractivity contribution in [3.8, 4) is 0 Å². The highest BCUT2D eigenvalue weighted by atomic mass is 35.5. The number of rotatable bonds is 3. The number of cyclic esters (lactones) is 1. The number of amides is 1. The molecule has 1 aromatic carbocycles. The second-order valence-corrected chi connectivity index (χ2v) is 5.26. The van der Waals surface area contributed by atoms with Gasteiger partial charge in [0.05, 0.1) is 19.1 Å². The van der Waals surface area contributed by atoms with Gasteiger partial charge in [0.2, 0.25) is 0 Å². The van der Waals surface area contributed by atoms with E-state index in [1.54, 1.807) is 0 Å². The average Bonchev–Trinajstić information content (AvgIpc) is 2.85. The Morgan fingerprint density at radius 3 is 2.76 bits per heavy atom. The maximum absolute atomic E-state index is 14.1. The number of benzene rings is 1. The third kappa shape index (κ3) is 2.71. The molecule has 21 heavy (non-hydrogen) atoms. The van der Waals surface area contributed by atoms with Crippen LogP contribution in [0, 0.1) is 0 Å². The summed E-state index contributed by atoms with van der Waals surface area (Å²) in [6.45, 7) is 0.614. The molecule has 114 valence electrons. The molecule has 1 amide bonds. The van der Waals surface area contributed by atoms with Crippen molar-refractivity contribution in [2.75, 3.05) is 25.6 Å². The van der Waals surface area contributed by atoms with Gasteiger partial charge in [0.1, 0.15) is 12.1 Å². The lowest BCUT2D eigenvalue weighted by atomic mass is 10.0. The fourth-order valence-corrected chi connectivity index (χ4v) is 2.94. The molecule has 0 bridgehead atoms. The molecule has 2 heterocycles. The number of hydrazine groups is 1. The van der Waals surface area contributed by atoms with E-state index in [1.165, 1.54) is 10.0 Å². The molecule has 0 aromatic heterocycles. The van der Waals surface area contributed by atoms with E-state index in [0.29, 0.717) is 13.2 Å². The smallest absolute Gasteiger partial charge is 0.425 e. The van der Waals surface area contributed by atoms with Crippen LogP contribution >= 0.6 is 11.6 Å². The van der Waals surface area contributed by atoms with E-state index in [4.69, 9.17) is 21.1 Å². The Hall–Kier alpha value is -1.37. The first-order chi connectivity index (χ1) is 10.2. The van der Waals surface area contributed by atoms with Crippen molar-refractivity contribution in [1.82, 2.24) is 10.0 Å².